The van der Waals surface area contributed by atoms with E-state index < -0.39 is 5.60 Å². The maximum absolute atomic E-state index is 12.3. The largest absolute Gasteiger partial charge is 0.444 e. The Balaban J connectivity index is 4.37. The zero-order valence-electron chi connectivity index (χ0n) is 15.7. The molecule has 1 unspecified atom stereocenters. The molecule has 0 aliphatic heterocycles. The van der Waals surface area contributed by atoms with E-state index in [1.807, 2.05) is 41.5 Å². The Morgan fingerprint density at radius 1 is 1.18 bits per heavy atom. The number of carbonyl (C=O) groups excluding carboxylic acids is 1. The number of aliphatic hydroxyl groups is 1. The minimum absolute atomic E-state index is 0.301. The fraction of sp³-hybridized carbons (Fsp3) is 0.941. The average molecular weight is 316 g/mol. The third-order valence-electron chi connectivity index (χ3n) is 3.06. The van der Waals surface area contributed by atoms with E-state index in [-0.39, 0.29) is 17.7 Å². The van der Waals surface area contributed by atoms with E-state index in [9.17, 15) is 9.90 Å². The lowest BCUT2D eigenvalue weighted by atomic mass is 10.1. The highest BCUT2D eigenvalue weighted by atomic mass is 16.6. The van der Waals surface area contributed by atoms with Gasteiger partial charge in [0, 0.05) is 25.2 Å². The summed E-state index contributed by atoms with van der Waals surface area (Å²) in [7, 11) is 0. The lowest BCUT2D eigenvalue weighted by Gasteiger charge is -2.37. The van der Waals surface area contributed by atoms with Crippen LogP contribution in [0.4, 0.5) is 4.79 Å². The third-order valence-corrected chi connectivity index (χ3v) is 3.06. The van der Waals surface area contributed by atoms with Gasteiger partial charge < -0.3 is 20.1 Å². The molecule has 1 amide bonds. The van der Waals surface area contributed by atoms with Crippen LogP contribution in [0.1, 0.15) is 61.8 Å². The molecule has 22 heavy (non-hydrogen) atoms. The van der Waals surface area contributed by atoms with Gasteiger partial charge in [0.15, 0.2) is 0 Å². The SMILES string of the molecule is CC(C)CC(O)CNCCN(C(=O)OC(C)(C)C)C(C)(C)C. The first-order valence-corrected chi connectivity index (χ1v) is 8.22. The van der Waals surface area contributed by atoms with Crippen molar-refractivity contribution in [1.82, 2.24) is 10.2 Å². The van der Waals surface area contributed by atoms with Gasteiger partial charge >= 0.3 is 6.09 Å². The first-order chi connectivity index (χ1) is 9.83. The molecule has 0 radical (unpaired) electrons. The minimum Gasteiger partial charge on any atom is -0.444 e. The van der Waals surface area contributed by atoms with Gasteiger partial charge in [0.25, 0.3) is 0 Å². The van der Waals surface area contributed by atoms with E-state index in [0.717, 1.165) is 6.42 Å². The Kier molecular flexibility index (Phi) is 8.40. The smallest absolute Gasteiger partial charge is 0.410 e. The van der Waals surface area contributed by atoms with Gasteiger partial charge in [-0.2, -0.15) is 0 Å². The molecule has 0 saturated heterocycles. The molecule has 5 nitrogen and oxygen atoms in total. The fourth-order valence-electron chi connectivity index (χ4n) is 2.10. The molecule has 132 valence electrons. The summed E-state index contributed by atoms with van der Waals surface area (Å²) in [6.45, 7) is 17.5. The summed E-state index contributed by atoms with van der Waals surface area (Å²) in [6, 6.07) is 0. The van der Waals surface area contributed by atoms with Gasteiger partial charge in [0.1, 0.15) is 5.60 Å². The number of hydrogen-bond donors (Lipinski definition) is 2. The summed E-state index contributed by atoms with van der Waals surface area (Å²) in [4.78, 5) is 14.0. The predicted molar refractivity (Wildman–Crippen MR) is 91.0 cm³/mol. The topological polar surface area (TPSA) is 61.8 Å². The van der Waals surface area contributed by atoms with Crippen LogP contribution in [0.15, 0.2) is 0 Å². The molecule has 0 bridgehead atoms. The molecule has 1 atom stereocenters. The number of rotatable bonds is 7. The van der Waals surface area contributed by atoms with Gasteiger partial charge in [-0.3, -0.25) is 0 Å². The van der Waals surface area contributed by atoms with Crippen LogP contribution in [0.25, 0.3) is 0 Å². The molecule has 0 aromatic rings. The summed E-state index contributed by atoms with van der Waals surface area (Å²) in [5.41, 5.74) is -0.804. The Morgan fingerprint density at radius 3 is 2.14 bits per heavy atom. The quantitative estimate of drug-likeness (QED) is 0.709. The highest BCUT2D eigenvalue weighted by Crippen LogP contribution is 2.17. The zero-order valence-corrected chi connectivity index (χ0v) is 15.7. The molecule has 0 fully saturated rings. The summed E-state index contributed by atoms with van der Waals surface area (Å²) >= 11 is 0. The van der Waals surface area contributed by atoms with E-state index >= 15 is 0 Å². The van der Waals surface area contributed by atoms with Crippen molar-refractivity contribution in [3.05, 3.63) is 0 Å². The molecule has 0 aliphatic carbocycles. The summed E-state index contributed by atoms with van der Waals surface area (Å²) in [5, 5.41) is 13.1. The molecular weight excluding hydrogens is 280 g/mol. The predicted octanol–water partition coefficient (Wildman–Crippen LogP) is 3.02. The Bertz CT molecular complexity index is 330. The monoisotopic (exact) mass is 316 g/mol. The highest BCUT2D eigenvalue weighted by molar-refractivity contribution is 5.69. The van der Waals surface area contributed by atoms with Gasteiger partial charge in [-0.15, -0.1) is 0 Å². The lowest BCUT2D eigenvalue weighted by Crippen LogP contribution is -2.50. The zero-order chi connectivity index (χ0) is 17.6. The van der Waals surface area contributed by atoms with Crippen LogP contribution >= 0.6 is 0 Å². The molecule has 0 aromatic heterocycles. The normalized spacial score (nSPS) is 14.1. The Morgan fingerprint density at radius 2 is 1.73 bits per heavy atom. The van der Waals surface area contributed by atoms with Crippen molar-refractivity contribution in [3.63, 3.8) is 0 Å². The molecule has 0 saturated carbocycles. The van der Waals surface area contributed by atoms with Crippen molar-refractivity contribution in [1.29, 1.82) is 0 Å². The van der Waals surface area contributed by atoms with Gasteiger partial charge in [0.2, 0.25) is 0 Å². The molecule has 0 rings (SSSR count). The van der Waals surface area contributed by atoms with Crippen molar-refractivity contribution in [3.8, 4) is 0 Å². The molecule has 2 N–H and O–H groups in total. The maximum atomic E-state index is 12.3. The molecule has 5 heteroatoms. The Hall–Kier alpha value is -0.810. The second-order valence-corrected chi connectivity index (χ2v) is 8.29. The van der Waals surface area contributed by atoms with Crippen molar-refractivity contribution >= 4 is 6.09 Å². The molecule has 0 heterocycles. The number of ether oxygens (including phenoxy) is 1. The van der Waals surface area contributed by atoms with Crippen molar-refractivity contribution in [2.24, 2.45) is 5.92 Å². The summed E-state index contributed by atoms with van der Waals surface area (Å²) in [5.74, 6) is 0.477. The van der Waals surface area contributed by atoms with Crippen LogP contribution in [-0.2, 0) is 4.74 Å². The van der Waals surface area contributed by atoms with Crippen LogP contribution in [0.3, 0.4) is 0 Å². The standard InChI is InChI=1S/C17H36N2O3/c1-13(2)11-14(20)12-18-9-10-19(16(3,4)5)15(21)22-17(6,7)8/h13-14,18,20H,9-12H2,1-8H3. The van der Waals surface area contributed by atoms with E-state index in [1.165, 1.54) is 0 Å². The number of nitrogens with one attached hydrogen (secondary N) is 1. The van der Waals surface area contributed by atoms with E-state index in [1.54, 1.807) is 4.90 Å². The Labute approximate surface area is 136 Å². The summed E-state index contributed by atoms with van der Waals surface area (Å²) < 4.78 is 5.47. The van der Waals surface area contributed by atoms with Crippen LogP contribution in [0.5, 0.6) is 0 Å². The second kappa shape index (κ2) is 8.73. The van der Waals surface area contributed by atoms with Crippen LogP contribution in [-0.4, -0.2) is 53.0 Å². The number of carbonyl (C=O) groups is 1. The van der Waals surface area contributed by atoms with Crippen molar-refractivity contribution in [2.75, 3.05) is 19.6 Å². The molecular formula is C17H36N2O3. The van der Waals surface area contributed by atoms with Crippen molar-refractivity contribution in [2.45, 2.75) is 79.1 Å². The van der Waals surface area contributed by atoms with Crippen LogP contribution in [0.2, 0.25) is 0 Å². The third kappa shape index (κ3) is 10.0. The van der Waals surface area contributed by atoms with Gasteiger partial charge in [-0.05, 0) is 53.9 Å². The summed E-state index contributed by atoms with van der Waals surface area (Å²) in [6.07, 6.45) is 0.135. The first-order valence-electron chi connectivity index (χ1n) is 8.22. The van der Waals surface area contributed by atoms with Gasteiger partial charge in [0.05, 0.1) is 6.10 Å². The number of nitrogens with zero attached hydrogens (tertiary/aromatic N) is 1. The average Bonchev–Trinajstić information content (AvgIpc) is 2.22. The van der Waals surface area contributed by atoms with E-state index in [0.29, 0.717) is 25.6 Å². The number of hydrogen-bond acceptors (Lipinski definition) is 4. The van der Waals surface area contributed by atoms with E-state index in [4.69, 9.17) is 4.74 Å². The lowest BCUT2D eigenvalue weighted by molar-refractivity contribution is 0.00649. The highest BCUT2D eigenvalue weighted by Gasteiger charge is 2.30. The van der Waals surface area contributed by atoms with Gasteiger partial charge in [-0.25, -0.2) is 4.79 Å². The number of aliphatic hydroxyl groups excluding tert-OH is 1. The second-order valence-electron chi connectivity index (χ2n) is 8.29. The minimum atomic E-state index is -0.499. The van der Waals surface area contributed by atoms with Gasteiger partial charge in [-0.1, -0.05) is 13.8 Å². The van der Waals surface area contributed by atoms with Crippen LogP contribution < -0.4 is 5.32 Å². The van der Waals surface area contributed by atoms with E-state index in [2.05, 4.69) is 19.2 Å². The number of amides is 1. The molecule has 0 aliphatic rings. The maximum Gasteiger partial charge on any atom is 0.410 e. The molecule has 0 aromatic carbocycles. The first kappa shape index (κ1) is 21.2. The molecule has 0 spiro atoms. The fourth-order valence-corrected chi connectivity index (χ4v) is 2.10. The van der Waals surface area contributed by atoms with Crippen LogP contribution in [0, 0.1) is 5.92 Å². The van der Waals surface area contributed by atoms with Crippen molar-refractivity contribution < 1.29 is 14.6 Å².